The molecule has 0 saturated carbocycles. The fourth-order valence-corrected chi connectivity index (χ4v) is 4.11. The maximum absolute atomic E-state index is 3.82. The standard InChI is InChI=1S/C17H27NS/c1-4-6-16(17-7-5-8-19-17)18-12-15-10-13(2)9-14(3)11-15/h5,7-9,13,15-16,18H,4,6,10-12H2,1-3H3. The monoisotopic (exact) mass is 277 g/mol. The minimum absolute atomic E-state index is 0.562. The van der Waals surface area contributed by atoms with Crippen LogP contribution in [0.5, 0.6) is 0 Å². The van der Waals surface area contributed by atoms with Crippen molar-refractivity contribution in [3.63, 3.8) is 0 Å². The molecule has 1 nitrogen and oxygen atoms in total. The lowest BCUT2D eigenvalue weighted by Crippen LogP contribution is -2.29. The molecule has 0 amide bonds. The van der Waals surface area contributed by atoms with Gasteiger partial charge in [-0.05, 0) is 56.0 Å². The summed E-state index contributed by atoms with van der Waals surface area (Å²) >= 11 is 1.88. The van der Waals surface area contributed by atoms with Gasteiger partial charge >= 0.3 is 0 Å². The van der Waals surface area contributed by atoms with Gasteiger partial charge in [-0.3, -0.25) is 0 Å². The van der Waals surface area contributed by atoms with Crippen molar-refractivity contribution in [2.75, 3.05) is 6.54 Å². The lowest BCUT2D eigenvalue weighted by atomic mass is 9.83. The predicted molar refractivity (Wildman–Crippen MR) is 85.6 cm³/mol. The normalized spacial score (nSPS) is 25.1. The van der Waals surface area contributed by atoms with Crippen LogP contribution in [0.2, 0.25) is 0 Å². The molecule has 1 heterocycles. The molecule has 3 atom stereocenters. The summed E-state index contributed by atoms with van der Waals surface area (Å²) in [4.78, 5) is 1.50. The third-order valence-corrected chi connectivity index (χ3v) is 4.99. The Morgan fingerprint density at radius 1 is 1.47 bits per heavy atom. The summed E-state index contributed by atoms with van der Waals surface area (Å²) in [5.74, 6) is 1.58. The SMILES string of the molecule is CCCC(NCC1CC(C)=CC(C)C1)c1cccs1. The molecule has 0 radical (unpaired) electrons. The van der Waals surface area contributed by atoms with Crippen LogP contribution in [0.4, 0.5) is 0 Å². The van der Waals surface area contributed by atoms with Crippen LogP contribution in [0.3, 0.4) is 0 Å². The lowest BCUT2D eigenvalue weighted by Gasteiger charge is -2.27. The molecule has 2 rings (SSSR count). The summed E-state index contributed by atoms with van der Waals surface area (Å²) in [6.45, 7) is 8.07. The first-order chi connectivity index (χ1) is 9.19. The topological polar surface area (TPSA) is 12.0 Å². The second-order valence-electron chi connectivity index (χ2n) is 6.06. The molecule has 1 aliphatic rings. The fourth-order valence-electron chi connectivity index (χ4n) is 3.27. The van der Waals surface area contributed by atoms with Crippen LogP contribution in [-0.4, -0.2) is 6.54 Å². The van der Waals surface area contributed by atoms with Gasteiger partial charge in [0, 0.05) is 10.9 Å². The summed E-state index contributed by atoms with van der Waals surface area (Å²) in [5, 5.41) is 6.01. The molecule has 0 aliphatic heterocycles. The molecule has 0 fully saturated rings. The number of thiophene rings is 1. The Hall–Kier alpha value is -0.600. The Morgan fingerprint density at radius 3 is 2.95 bits per heavy atom. The molecule has 2 heteroatoms. The van der Waals surface area contributed by atoms with Crippen LogP contribution in [0.25, 0.3) is 0 Å². The zero-order valence-electron chi connectivity index (χ0n) is 12.5. The molecule has 0 saturated heterocycles. The van der Waals surface area contributed by atoms with Gasteiger partial charge in [-0.15, -0.1) is 11.3 Å². The van der Waals surface area contributed by atoms with Crippen LogP contribution in [0.15, 0.2) is 29.2 Å². The average Bonchev–Trinajstić information content (AvgIpc) is 2.87. The highest BCUT2D eigenvalue weighted by Gasteiger charge is 2.19. The van der Waals surface area contributed by atoms with Gasteiger partial charge in [0.25, 0.3) is 0 Å². The summed E-state index contributed by atoms with van der Waals surface area (Å²) in [5.41, 5.74) is 1.58. The third-order valence-electron chi connectivity index (χ3n) is 4.00. The quantitative estimate of drug-likeness (QED) is 0.707. The first-order valence-electron chi connectivity index (χ1n) is 7.63. The van der Waals surface area contributed by atoms with E-state index in [0.29, 0.717) is 6.04 Å². The van der Waals surface area contributed by atoms with E-state index in [9.17, 15) is 0 Å². The molecule has 1 aromatic rings. The Labute approximate surface area is 122 Å². The van der Waals surface area contributed by atoms with Crippen LogP contribution >= 0.6 is 11.3 Å². The first-order valence-corrected chi connectivity index (χ1v) is 8.51. The highest BCUT2D eigenvalue weighted by molar-refractivity contribution is 7.10. The van der Waals surface area contributed by atoms with Crippen molar-refractivity contribution in [1.29, 1.82) is 0 Å². The van der Waals surface area contributed by atoms with Gasteiger partial charge in [-0.2, -0.15) is 0 Å². The second-order valence-corrected chi connectivity index (χ2v) is 7.04. The molecule has 1 aliphatic carbocycles. The molecular formula is C17H27NS. The van der Waals surface area contributed by atoms with Crippen molar-refractivity contribution in [1.82, 2.24) is 5.32 Å². The maximum atomic E-state index is 3.82. The number of nitrogens with one attached hydrogen (secondary N) is 1. The lowest BCUT2D eigenvalue weighted by molar-refractivity contribution is 0.356. The van der Waals surface area contributed by atoms with Crippen molar-refractivity contribution in [2.24, 2.45) is 11.8 Å². The summed E-state index contributed by atoms with van der Waals surface area (Å²) in [6, 6.07) is 5.00. The van der Waals surface area contributed by atoms with Gasteiger partial charge in [-0.1, -0.05) is 38.0 Å². The van der Waals surface area contributed by atoms with E-state index in [1.165, 1.54) is 30.6 Å². The first kappa shape index (κ1) is 14.8. The van der Waals surface area contributed by atoms with Gasteiger partial charge < -0.3 is 5.32 Å². The average molecular weight is 277 g/mol. The minimum Gasteiger partial charge on any atom is -0.309 e. The number of hydrogen-bond acceptors (Lipinski definition) is 2. The molecule has 1 N–H and O–H groups in total. The Balaban J connectivity index is 1.87. The van der Waals surface area contributed by atoms with Crippen molar-refractivity contribution in [3.8, 4) is 0 Å². The number of rotatable bonds is 6. The second kappa shape index (κ2) is 7.25. The fraction of sp³-hybridized carbons (Fsp3) is 0.647. The van der Waals surface area contributed by atoms with E-state index in [-0.39, 0.29) is 0 Å². The van der Waals surface area contributed by atoms with E-state index in [0.717, 1.165) is 18.4 Å². The molecular weight excluding hydrogens is 250 g/mol. The highest BCUT2D eigenvalue weighted by Crippen LogP contribution is 2.29. The van der Waals surface area contributed by atoms with Gasteiger partial charge in [-0.25, -0.2) is 0 Å². The van der Waals surface area contributed by atoms with Gasteiger partial charge in [0.15, 0.2) is 0 Å². The molecule has 1 aromatic heterocycles. The van der Waals surface area contributed by atoms with Gasteiger partial charge in [0.1, 0.15) is 0 Å². The van der Waals surface area contributed by atoms with Gasteiger partial charge in [0.2, 0.25) is 0 Å². The highest BCUT2D eigenvalue weighted by atomic mass is 32.1. The number of hydrogen-bond donors (Lipinski definition) is 1. The van der Waals surface area contributed by atoms with E-state index in [2.05, 4.69) is 49.7 Å². The van der Waals surface area contributed by atoms with Crippen LogP contribution in [-0.2, 0) is 0 Å². The molecule has 0 bridgehead atoms. The van der Waals surface area contributed by atoms with Crippen LogP contribution in [0, 0.1) is 11.8 Å². The van der Waals surface area contributed by atoms with E-state index in [4.69, 9.17) is 0 Å². The van der Waals surface area contributed by atoms with Gasteiger partial charge in [0.05, 0.1) is 0 Å². The van der Waals surface area contributed by atoms with E-state index in [1.807, 2.05) is 11.3 Å². The Morgan fingerprint density at radius 2 is 2.32 bits per heavy atom. The zero-order valence-corrected chi connectivity index (χ0v) is 13.3. The molecule has 0 aromatic carbocycles. The molecule has 0 spiro atoms. The van der Waals surface area contributed by atoms with Crippen molar-refractivity contribution < 1.29 is 0 Å². The van der Waals surface area contributed by atoms with E-state index < -0.39 is 0 Å². The van der Waals surface area contributed by atoms with Crippen LogP contribution < -0.4 is 5.32 Å². The maximum Gasteiger partial charge on any atom is 0.0414 e. The third kappa shape index (κ3) is 4.47. The minimum atomic E-state index is 0.562. The Bertz CT molecular complexity index is 393. The van der Waals surface area contributed by atoms with Crippen molar-refractivity contribution in [2.45, 2.75) is 52.5 Å². The molecule has 19 heavy (non-hydrogen) atoms. The smallest absolute Gasteiger partial charge is 0.0414 e. The van der Waals surface area contributed by atoms with Crippen molar-refractivity contribution in [3.05, 3.63) is 34.0 Å². The summed E-state index contributed by atoms with van der Waals surface area (Å²) in [6.07, 6.45) is 7.56. The van der Waals surface area contributed by atoms with E-state index >= 15 is 0 Å². The zero-order chi connectivity index (χ0) is 13.7. The van der Waals surface area contributed by atoms with Crippen molar-refractivity contribution >= 4 is 11.3 Å². The predicted octanol–water partition coefficient (Wildman–Crippen LogP) is 5.17. The van der Waals surface area contributed by atoms with E-state index in [1.54, 1.807) is 5.57 Å². The number of allylic oxidation sites excluding steroid dienone is 2. The molecule has 3 unspecified atom stereocenters. The summed E-state index contributed by atoms with van der Waals surface area (Å²) < 4.78 is 0. The largest absolute Gasteiger partial charge is 0.309 e. The Kier molecular flexibility index (Phi) is 5.65. The summed E-state index contributed by atoms with van der Waals surface area (Å²) in [7, 11) is 0. The molecule has 106 valence electrons. The van der Waals surface area contributed by atoms with Crippen LogP contribution in [0.1, 0.15) is 57.4 Å².